The molecule has 5 nitrogen and oxygen atoms in total. The van der Waals surface area contributed by atoms with E-state index >= 15 is 0 Å². The lowest BCUT2D eigenvalue weighted by Gasteiger charge is -2.06. The van der Waals surface area contributed by atoms with Crippen LogP contribution in [0, 0.1) is 0 Å². The molecular weight excluding hydrogens is 435 g/mol. The van der Waals surface area contributed by atoms with Crippen LogP contribution >= 0.6 is 34.8 Å². The van der Waals surface area contributed by atoms with Crippen LogP contribution in [0.3, 0.4) is 0 Å². The Morgan fingerprint density at radius 3 is 2.66 bits per heavy atom. The first kappa shape index (κ1) is 19.6. The summed E-state index contributed by atoms with van der Waals surface area (Å²) in [4.78, 5) is 8.88. The Morgan fingerprint density at radius 2 is 1.86 bits per heavy atom. The molecule has 0 fully saturated rings. The van der Waals surface area contributed by atoms with Crippen LogP contribution in [0.1, 0.15) is 5.56 Å². The molecule has 0 spiro atoms. The van der Waals surface area contributed by atoms with E-state index in [4.69, 9.17) is 44.0 Å². The van der Waals surface area contributed by atoms with Gasteiger partial charge in [0.1, 0.15) is 5.52 Å². The average molecular weight is 448 g/mol. The number of benzene rings is 3. The Hall–Kier alpha value is -2.73. The third-order valence-electron chi connectivity index (χ3n) is 4.17. The van der Waals surface area contributed by atoms with Crippen LogP contribution in [0.25, 0.3) is 22.6 Å². The van der Waals surface area contributed by atoms with Crippen LogP contribution in [0.15, 0.2) is 57.9 Å². The van der Waals surface area contributed by atoms with E-state index in [2.05, 4.69) is 9.98 Å². The van der Waals surface area contributed by atoms with Crippen molar-refractivity contribution in [3.05, 3.63) is 69.2 Å². The summed E-state index contributed by atoms with van der Waals surface area (Å²) in [5.41, 5.74) is 2.85. The van der Waals surface area contributed by atoms with Crippen molar-refractivity contribution >= 4 is 57.8 Å². The maximum Gasteiger partial charge on any atom is 0.228 e. The van der Waals surface area contributed by atoms with E-state index in [9.17, 15) is 5.11 Å². The zero-order valence-electron chi connectivity index (χ0n) is 15.0. The molecule has 4 aromatic rings. The number of aromatic hydroxyl groups is 1. The van der Waals surface area contributed by atoms with Crippen molar-refractivity contribution in [1.82, 2.24) is 4.98 Å². The number of hydrogen-bond donors (Lipinski definition) is 1. The van der Waals surface area contributed by atoms with Gasteiger partial charge in [0, 0.05) is 27.9 Å². The first-order valence-electron chi connectivity index (χ1n) is 8.41. The molecule has 0 atom stereocenters. The van der Waals surface area contributed by atoms with Crippen LogP contribution in [0.4, 0.5) is 5.69 Å². The Balaban J connectivity index is 1.69. The fourth-order valence-corrected chi connectivity index (χ4v) is 3.35. The molecule has 146 valence electrons. The van der Waals surface area contributed by atoms with Gasteiger partial charge in [-0.05, 0) is 42.5 Å². The van der Waals surface area contributed by atoms with E-state index in [-0.39, 0.29) is 11.5 Å². The van der Waals surface area contributed by atoms with Crippen molar-refractivity contribution in [3.63, 3.8) is 0 Å². The molecule has 0 aliphatic carbocycles. The second kappa shape index (κ2) is 7.95. The van der Waals surface area contributed by atoms with Crippen LogP contribution in [0.5, 0.6) is 11.5 Å². The average Bonchev–Trinajstić information content (AvgIpc) is 3.13. The van der Waals surface area contributed by atoms with Gasteiger partial charge in [-0.25, -0.2) is 4.98 Å². The normalized spacial score (nSPS) is 11.4. The predicted octanol–water partition coefficient (Wildman–Crippen LogP) is 6.92. The molecule has 4 rings (SSSR count). The Bertz CT molecular complexity index is 1250. The van der Waals surface area contributed by atoms with Crippen molar-refractivity contribution < 1.29 is 14.3 Å². The monoisotopic (exact) mass is 446 g/mol. The van der Waals surface area contributed by atoms with E-state index in [0.717, 1.165) is 0 Å². The van der Waals surface area contributed by atoms with E-state index in [1.165, 1.54) is 19.4 Å². The molecule has 1 aromatic heterocycles. The zero-order valence-corrected chi connectivity index (χ0v) is 17.3. The van der Waals surface area contributed by atoms with Gasteiger partial charge < -0.3 is 14.3 Å². The van der Waals surface area contributed by atoms with Crippen LogP contribution in [-0.2, 0) is 0 Å². The van der Waals surface area contributed by atoms with Gasteiger partial charge in [-0.2, -0.15) is 0 Å². The molecule has 0 amide bonds. The maximum atomic E-state index is 10.2. The zero-order chi connectivity index (χ0) is 20.5. The highest BCUT2D eigenvalue weighted by Crippen LogP contribution is 2.34. The molecule has 1 heterocycles. The highest BCUT2D eigenvalue weighted by Gasteiger charge is 2.13. The summed E-state index contributed by atoms with van der Waals surface area (Å²) in [7, 11) is 1.45. The Kier molecular flexibility index (Phi) is 5.37. The number of hydrogen-bond acceptors (Lipinski definition) is 5. The van der Waals surface area contributed by atoms with Crippen LogP contribution in [0.2, 0.25) is 15.1 Å². The molecule has 3 aromatic carbocycles. The highest BCUT2D eigenvalue weighted by molar-refractivity contribution is 6.35. The van der Waals surface area contributed by atoms with E-state index < -0.39 is 0 Å². The minimum atomic E-state index is -0.0407. The van der Waals surface area contributed by atoms with Gasteiger partial charge in [-0.15, -0.1) is 0 Å². The van der Waals surface area contributed by atoms with Crippen molar-refractivity contribution in [1.29, 1.82) is 0 Å². The smallest absolute Gasteiger partial charge is 0.228 e. The van der Waals surface area contributed by atoms with Crippen molar-refractivity contribution in [2.75, 3.05) is 7.11 Å². The SMILES string of the molecule is COc1cc(Cl)cc(C=Nc2ccc3oc(-c4cc(Cl)ccc4Cl)nc3c2)c1O. The number of phenols is 1. The highest BCUT2D eigenvalue weighted by atomic mass is 35.5. The number of methoxy groups -OCH3 is 1. The second-order valence-corrected chi connectivity index (χ2v) is 7.38. The van der Waals surface area contributed by atoms with E-state index in [0.29, 0.717) is 48.9 Å². The number of rotatable bonds is 4. The standard InChI is InChI=1S/C21H13Cl3N2O3/c1-28-19-8-13(23)6-11(20(19)27)10-25-14-3-5-18-17(9-14)26-21(29-18)15-7-12(22)2-4-16(15)24/h2-10,27H,1H3. The minimum Gasteiger partial charge on any atom is -0.504 e. The van der Waals surface area contributed by atoms with Crippen molar-refractivity contribution in [3.8, 4) is 23.0 Å². The molecule has 0 aliphatic rings. The fraction of sp³-hybridized carbons (Fsp3) is 0.0476. The minimum absolute atomic E-state index is 0.0407. The lowest BCUT2D eigenvalue weighted by molar-refractivity contribution is 0.373. The number of nitrogens with zero attached hydrogens (tertiary/aromatic N) is 2. The number of phenolic OH excluding ortho intramolecular Hbond substituents is 1. The summed E-state index contributed by atoms with van der Waals surface area (Å²) in [5, 5.41) is 11.7. The summed E-state index contributed by atoms with van der Waals surface area (Å²) in [6, 6.07) is 13.5. The molecule has 8 heteroatoms. The van der Waals surface area contributed by atoms with Gasteiger partial charge >= 0.3 is 0 Å². The Morgan fingerprint density at radius 1 is 1.03 bits per heavy atom. The number of oxazole rings is 1. The van der Waals surface area contributed by atoms with Gasteiger partial charge in [0.2, 0.25) is 5.89 Å². The fourth-order valence-electron chi connectivity index (χ4n) is 2.77. The first-order chi connectivity index (χ1) is 13.9. The van der Waals surface area contributed by atoms with Gasteiger partial charge in [0.25, 0.3) is 0 Å². The summed E-state index contributed by atoms with van der Waals surface area (Å²) >= 11 is 18.3. The third kappa shape index (κ3) is 4.03. The number of halogens is 3. The lowest BCUT2D eigenvalue weighted by atomic mass is 10.2. The summed E-state index contributed by atoms with van der Waals surface area (Å²) in [6.45, 7) is 0. The molecular formula is C21H13Cl3N2O3. The third-order valence-corrected chi connectivity index (χ3v) is 4.95. The second-order valence-electron chi connectivity index (χ2n) is 6.10. The van der Waals surface area contributed by atoms with Gasteiger partial charge in [-0.1, -0.05) is 34.8 Å². The number of ether oxygens (including phenoxy) is 1. The largest absolute Gasteiger partial charge is 0.504 e. The molecule has 0 aliphatic heterocycles. The molecule has 29 heavy (non-hydrogen) atoms. The van der Waals surface area contributed by atoms with Gasteiger partial charge in [0.05, 0.1) is 23.4 Å². The quantitative estimate of drug-likeness (QED) is 0.345. The van der Waals surface area contributed by atoms with Crippen LogP contribution < -0.4 is 4.74 Å². The molecule has 0 bridgehead atoms. The van der Waals surface area contributed by atoms with Gasteiger partial charge in [0.15, 0.2) is 17.1 Å². The number of aromatic nitrogens is 1. The number of fused-ring (bicyclic) bond motifs is 1. The molecule has 1 N–H and O–H groups in total. The molecule has 0 saturated carbocycles. The summed E-state index contributed by atoms with van der Waals surface area (Å²) in [6.07, 6.45) is 1.50. The summed E-state index contributed by atoms with van der Waals surface area (Å²) in [5.74, 6) is 0.598. The van der Waals surface area contributed by atoms with Crippen molar-refractivity contribution in [2.45, 2.75) is 0 Å². The molecule has 0 radical (unpaired) electrons. The van der Waals surface area contributed by atoms with E-state index in [1.54, 1.807) is 42.5 Å². The number of aliphatic imine (C=N–C) groups is 1. The lowest BCUT2D eigenvalue weighted by Crippen LogP contribution is -1.89. The topological polar surface area (TPSA) is 67.9 Å². The summed E-state index contributed by atoms with van der Waals surface area (Å²) < 4.78 is 10.9. The van der Waals surface area contributed by atoms with E-state index in [1.807, 2.05) is 0 Å². The maximum absolute atomic E-state index is 10.2. The van der Waals surface area contributed by atoms with Gasteiger partial charge in [-0.3, -0.25) is 4.99 Å². The Labute approximate surface area is 181 Å². The predicted molar refractivity (Wildman–Crippen MR) is 116 cm³/mol. The molecule has 0 unspecified atom stereocenters. The van der Waals surface area contributed by atoms with Crippen LogP contribution in [-0.4, -0.2) is 23.4 Å². The first-order valence-corrected chi connectivity index (χ1v) is 9.54. The van der Waals surface area contributed by atoms with Crippen molar-refractivity contribution in [2.24, 2.45) is 4.99 Å². The molecule has 0 saturated heterocycles.